The van der Waals surface area contributed by atoms with Crippen LogP contribution in [-0.4, -0.2) is 26.5 Å². The number of rotatable bonds is 3. The Kier molecular flexibility index (Phi) is 3.75. The molecule has 20 heavy (non-hydrogen) atoms. The van der Waals surface area contributed by atoms with Crippen LogP contribution in [0.5, 0.6) is 0 Å². The molecule has 0 amide bonds. The number of hydrogen-bond donors (Lipinski definition) is 2. The van der Waals surface area contributed by atoms with Crippen molar-refractivity contribution in [1.82, 2.24) is 10.0 Å². The van der Waals surface area contributed by atoms with Crippen LogP contribution in [0.1, 0.15) is 25.7 Å². The molecule has 2 N–H and O–H groups in total. The van der Waals surface area contributed by atoms with Crippen molar-refractivity contribution in [3.05, 3.63) is 29.0 Å². The van der Waals surface area contributed by atoms with Gasteiger partial charge in [0.2, 0.25) is 10.0 Å². The Hall–Kier alpha value is -0.690. The van der Waals surface area contributed by atoms with Gasteiger partial charge < -0.3 is 5.32 Å². The highest BCUT2D eigenvalue weighted by Gasteiger charge is 2.35. The molecular weight excluding hydrogens is 303 g/mol. The second-order valence-corrected chi connectivity index (χ2v) is 7.62. The highest BCUT2D eigenvalue weighted by molar-refractivity contribution is 7.89. The van der Waals surface area contributed by atoms with Crippen molar-refractivity contribution in [2.24, 2.45) is 0 Å². The topological polar surface area (TPSA) is 58.2 Å². The Morgan fingerprint density at radius 3 is 2.55 bits per heavy atom. The lowest BCUT2D eigenvalue weighted by Crippen LogP contribution is -2.48. The molecule has 1 aromatic rings. The Balaban J connectivity index is 1.80. The Morgan fingerprint density at radius 2 is 1.90 bits per heavy atom. The van der Waals surface area contributed by atoms with Gasteiger partial charge in [0.1, 0.15) is 10.7 Å². The summed E-state index contributed by atoms with van der Waals surface area (Å²) >= 11 is 5.75. The lowest BCUT2D eigenvalue weighted by molar-refractivity contribution is 0.345. The van der Waals surface area contributed by atoms with E-state index in [1.165, 1.54) is 6.07 Å². The number of piperidine rings is 1. The number of fused-ring (bicyclic) bond motifs is 2. The largest absolute Gasteiger partial charge is 0.311 e. The van der Waals surface area contributed by atoms with Gasteiger partial charge in [0.25, 0.3) is 0 Å². The summed E-state index contributed by atoms with van der Waals surface area (Å²) in [5.41, 5.74) is 0. The van der Waals surface area contributed by atoms with Crippen LogP contribution in [0.15, 0.2) is 23.1 Å². The second kappa shape index (κ2) is 5.26. The predicted molar refractivity (Wildman–Crippen MR) is 74.7 cm³/mol. The van der Waals surface area contributed by atoms with Crippen molar-refractivity contribution in [2.75, 3.05) is 0 Å². The first kappa shape index (κ1) is 14.3. The molecule has 2 saturated heterocycles. The Morgan fingerprint density at radius 1 is 1.25 bits per heavy atom. The van der Waals surface area contributed by atoms with Gasteiger partial charge in [-0.25, -0.2) is 17.5 Å². The van der Waals surface area contributed by atoms with E-state index in [-0.39, 0.29) is 16.0 Å². The summed E-state index contributed by atoms with van der Waals surface area (Å²) in [7, 11) is -3.87. The maximum absolute atomic E-state index is 13.7. The van der Waals surface area contributed by atoms with Gasteiger partial charge in [0, 0.05) is 23.1 Å². The maximum Gasteiger partial charge on any atom is 0.243 e. The number of sulfonamides is 1. The average molecular weight is 319 g/mol. The van der Waals surface area contributed by atoms with Crippen LogP contribution in [0.4, 0.5) is 4.39 Å². The van der Waals surface area contributed by atoms with Crippen molar-refractivity contribution in [3.63, 3.8) is 0 Å². The van der Waals surface area contributed by atoms with E-state index in [4.69, 9.17) is 11.6 Å². The molecule has 2 unspecified atom stereocenters. The summed E-state index contributed by atoms with van der Waals surface area (Å²) in [6.07, 6.45) is 3.65. The van der Waals surface area contributed by atoms with E-state index in [0.717, 1.165) is 37.8 Å². The van der Waals surface area contributed by atoms with Crippen LogP contribution in [0, 0.1) is 5.82 Å². The molecule has 3 rings (SSSR count). The van der Waals surface area contributed by atoms with Gasteiger partial charge in [-0.3, -0.25) is 0 Å². The van der Waals surface area contributed by atoms with Gasteiger partial charge in [0.15, 0.2) is 0 Å². The van der Waals surface area contributed by atoms with Crippen LogP contribution in [0.3, 0.4) is 0 Å². The standard InChI is InChI=1S/C13H16ClFN2O2S/c14-8-1-4-12(15)13(5-8)20(18,19)17-11-6-9-2-3-10(7-11)16-9/h1,4-5,9-11,16-17H,2-3,6-7H2. The monoisotopic (exact) mass is 318 g/mol. The van der Waals surface area contributed by atoms with E-state index in [9.17, 15) is 12.8 Å². The fraction of sp³-hybridized carbons (Fsp3) is 0.538. The zero-order valence-corrected chi connectivity index (χ0v) is 12.3. The SMILES string of the molecule is O=S(=O)(NC1CC2CCC(C1)N2)c1cc(Cl)ccc1F. The average Bonchev–Trinajstić information content (AvgIpc) is 2.71. The van der Waals surface area contributed by atoms with Crippen molar-refractivity contribution < 1.29 is 12.8 Å². The highest BCUT2D eigenvalue weighted by Crippen LogP contribution is 2.28. The van der Waals surface area contributed by atoms with Crippen LogP contribution in [-0.2, 0) is 10.0 Å². The zero-order valence-electron chi connectivity index (χ0n) is 10.8. The molecule has 2 aliphatic heterocycles. The minimum Gasteiger partial charge on any atom is -0.311 e. The van der Waals surface area contributed by atoms with Crippen LogP contribution < -0.4 is 10.0 Å². The summed E-state index contributed by atoms with van der Waals surface area (Å²) in [6.45, 7) is 0. The van der Waals surface area contributed by atoms with Crippen LogP contribution >= 0.6 is 11.6 Å². The third-order valence-electron chi connectivity index (χ3n) is 3.98. The lowest BCUT2D eigenvalue weighted by Gasteiger charge is -2.29. The van der Waals surface area contributed by atoms with Gasteiger partial charge in [-0.05, 0) is 43.9 Å². The first-order valence-corrected chi connectivity index (χ1v) is 8.53. The smallest absolute Gasteiger partial charge is 0.243 e. The van der Waals surface area contributed by atoms with Gasteiger partial charge in [0.05, 0.1) is 0 Å². The quantitative estimate of drug-likeness (QED) is 0.896. The van der Waals surface area contributed by atoms with E-state index in [1.807, 2.05) is 0 Å². The van der Waals surface area contributed by atoms with Gasteiger partial charge >= 0.3 is 0 Å². The van der Waals surface area contributed by atoms with Crippen molar-refractivity contribution in [3.8, 4) is 0 Å². The Labute approximate surface area is 122 Å². The molecule has 0 aliphatic carbocycles. The summed E-state index contributed by atoms with van der Waals surface area (Å²) in [6, 6.07) is 4.15. The van der Waals surface area contributed by atoms with Gasteiger partial charge in [-0.2, -0.15) is 0 Å². The molecule has 0 radical (unpaired) electrons. The van der Waals surface area contributed by atoms with Crippen molar-refractivity contribution in [2.45, 2.75) is 48.7 Å². The van der Waals surface area contributed by atoms with Crippen LogP contribution in [0.25, 0.3) is 0 Å². The molecule has 0 aromatic heterocycles. The molecule has 1 aromatic carbocycles. The minimum absolute atomic E-state index is 0.142. The number of nitrogens with one attached hydrogen (secondary N) is 2. The van der Waals surface area contributed by atoms with E-state index in [0.29, 0.717) is 12.1 Å². The summed E-state index contributed by atoms with van der Waals surface area (Å²) in [5, 5.41) is 3.64. The van der Waals surface area contributed by atoms with E-state index >= 15 is 0 Å². The molecule has 2 heterocycles. The third kappa shape index (κ3) is 2.83. The van der Waals surface area contributed by atoms with Crippen LogP contribution in [0.2, 0.25) is 5.02 Å². The van der Waals surface area contributed by atoms with Gasteiger partial charge in [-0.1, -0.05) is 11.6 Å². The third-order valence-corrected chi connectivity index (χ3v) is 5.75. The minimum atomic E-state index is -3.87. The highest BCUT2D eigenvalue weighted by atomic mass is 35.5. The van der Waals surface area contributed by atoms with E-state index in [2.05, 4.69) is 10.0 Å². The van der Waals surface area contributed by atoms with E-state index < -0.39 is 15.8 Å². The molecule has 0 saturated carbocycles. The molecule has 0 spiro atoms. The first-order valence-electron chi connectivity index (χ1n) is 6.67. The van der Waals surface area contributed by atoms with Gasteiger partial charge in [-0.15, -0.1) is 0 Å². The molecule has 4 nitrogen and oxygen atoms in total. The molecule has 2 fully saturated rings. The number of benzene rings is 1. The number of halogens is 2. The summed E-state index contributed by atoms with van der Waals surface area (Å²) in [5.74, 6) is -0.779. The van der Waals surface area contributed by atoms with Crippen molar-refractivity contribution in [1.29, 1.82) is 0 Å². The molecule has 2 aliphatic rings. The molecule has 2 atom stereocenters. The maximum atomic E-state index is 13.7. The second-order valence-electron chi connectivity index (χ2n) is 5.50. The fourth-order valence-electron chi connectivity index (χ4n) is 3.12. The zero-order chi connectivity index (χ0) is 14.3. The molecular formula is C13H16ClFN2O2S. The van der Waals surface area contributed by atoms with Crippen molar-refractivity contribution >= 4 is 21.6 Å². The summed E-state index contributed by atoms with van der Waals surface area (Å²) in [4.78, 5) is -0.379. The lowest BCUT2D eigenvalue weighted by atomic mass is 10.0. The molecule has 2 bridgehead atoms. The van der Waals surface area contributed by atoms with E-state index in [1.54, 1.807) is 0 Å². The fourth-order valence-corrected chi connectivity index (χ4v) is 4.72. The normalized spacial score (nSPS) is 29.6. The predicted octanol–water partition coefficient (Wildman–Crippen LogP) is 2.04. The Bertz CT molecular complexity index is 611. The molecule has 7 heteroatoms. The summed E-state index contributed by atoms with van der Waals surface area (Å²) < 4.78 is 40.9. The molecule has 110 valence electrons. The number of hydrogen-bond acceptors (Lipinski definition) is 3. The first-order chi connectivity index (χ1) is 9.44.